The normalized spacial score (nSPS) is 21.3. The Kier molecular flexibility index (Phi) is 7.94. The van der Waals surface area contributed by atoms with E-state index in [0.29, 0.717) is 29.5 Å². The number of carbonyl (C=O) groups excluding carboxylic acids is 2. The number of pyridine rings is 1. The molecule has 1 N–H and O–H groups in total. The first-order valence-corrected chi connectivity index (χ1v) is 15.7. The Morgan fingerprint density at radius 1 is 1.05 bits per heavy atom. The van der Waals surface area contributed by atoms with E-state index >= 15 is 0 Å². The van der Waals surface area contributed by atoms with Crippen LogP contribution >= 0.6 is 11.3 Å². The largest absolute Gasteiger partial charge is 0.372 e. The number of morpholine rings is 1. The molecule has 5 rings (SSSR count). The maximum Gasteiger partial charge on any atom is 0.254 e. The van der Waals surface area contributed by atoms with Crippen LogP contribution in [0.4, 0.5) is 10.9 Å². The van der Waals surface area contributed by atoms with Gasteiger partial charge in [0.05, 0.1) is 28.0 Å². The van der Waals surface area contributed by atoms with Crippen molar-refractivity contribution >= 4 is 43.9 Å². The van der Waals surface area contributed by atoms with Gasteiger partial charge >= 0.3 is 0 Å². The Bertz CT molecular complexity index is 1510. The summed E-state index contributed by atoms with van der Waals surface area (Å²) in [6.07, 6.45) is 0.746. The molecule has 2 fully saturated rings. The van der Waals surface area contributed by atoms with Crippen molar-refractivity contribution in [2.75, 3.05) is 29.9 Å². The fourth-order valence-corrected chi connectivity index (χ4v) is 6.70. The molecule has 40 heavy (non-hydrogen) atoms. The standard InChI is InChI=1S/C28H33N5O5S2/c1-17(2)40(36,37)21-8-5-7-20(13-21)27(35)33-12-11-24(33)26(34)31-28-30-23(16-39-28)22-9-6-10-25(29-22)32-14-18(3)38-19(4)15-32/h5-10,13,16-19,24H,11-12,14-15H2,1-4H3,(H,30,31,34)/t18-,19+,24-/m0/s1. The number of likely N-dealkylation sites (tertiary alicyclic amines) is 1. The fraction of sp³-hybridized carbons (Fsp3) is 0.429. The van der Waals surface area contributed by atoms with Crippen molar-refractivity contribution in [3.63, 3.8) is 0 Å². The molecule has 2 aromatic heterocycles. The predicted molar refractivity (Wildman–Crippen MR) is 154 cm³/mol. The lowest BCUT2D eigenvalue weighted by Gasteiger charge is -2.39. The number of anilines is 2. The number of aromatic nitrogens is 2. The molecule has 12 heteroatoms. The van der Waals surface area contributed by atoms with Crippen LogP contribution in [0.1, 0.15) is 44.5 Å². The van der Waals surface area contributed by atoms with Gasteiger partial charge in [-0.05, 0) is 64.4 Å². The minimum Gasteiger partial charge on any atom is -0.372 e. The number of benzene rings is 1. The zero-order valence-corrected chi connectivity index (χ0v) is 24.5. The van der Waals surface area contributed by atoms with Crippen LogP contribution in [0.25, 0.3) is 11.4 Å². The summed E-state index contributed by atoms with van der Waals surface area (Å²) in [6, 6.07) is 11.1. The number of ether oxygens (including phenoxy) is 1. The van der Waals surface area contributed by atoms with Crippen LogP contribution in [0.3, 0.4) is 0 Å². The van der Waals surface area contributed by atoms with E-state index in [4.69, 9.17) is 9.72 Å². The van der Waals surface area contributed by atoms with E-state index in [-0.39, 0.29) is 34.5 Å². The van der Waals surface area contributed by atoms with Gasteiger partial charge in [-0.3, -0.25) is 9.59 Å². The second kappa shape index (κ2) is 11.3. The predicted octanol–water partition coefficient (Wildman–Crippen LogP) is 3.85. The number of carbonyl (C=O) groups is 2. The molecular weight excluding hydrogens is 550 g/mol. The Hall–Kier alpha value is -3.35. The molecule has 3 aromatic rings. The monoisotopic (exact) mass is 583 g/mol. The summed E-state index contributed by atoms with van der Waals surface area (Å²) in [5.41, 5.74) is 1.60. The van der Waals surface area contributed by atoms with Crippen molar-refractivity contribution in [1.82, 2.24) is 14.9 Å². The van der Waals surface area contributed by atoms with E-state index in [9.17, 15) is 18.0 Å². The van der Waals surface area contributed by atoms with Crippen LogP contribution in [0.2, 0.25) is 0 Å². The van der Waals surface area contributed by atoms with Gasteiger partial charge in [0, 0.05) is 30.6 Å². The number of sulfone groups is 1. The van der Waals surface area contributed by atoms with Crippen molar-refractivity contribution in [1.29, 1.82) is 0 Å². The molecule has 10 nitrogen and oxygen atoms in total. The highest BCUT2D eigenvalue weighted by molar-refractivity contribution is 7.92. The van der Waals surface area contributed by atoms with E-state index < -0.39 is 21.1 Å². The molecule has 0 radical (unpaired) electrons. The molecular formula is C28H33N5O5S2. The molecule has 2 aliphatic rings. The Labute approximate surface area is 238 Å². The quantitative estimate of drug-likeness (QED) is 0.445. The fourth-order valence-electron chi connectivity index (χ4n) is 4.89. The third kappa shape index (κ3) is 5.74. The van der Waals surface area contributed by atoms with E-state index in [1.54, 1.807) is 26.0 Å². The van der Waals surface area contributed by atoms with E-state index in [0.717, 1.165) is 18.9 Å². The lowest BCUT2D eigenvalue weighted by molar-refractivity contribution is -0.123. The van der Waals surface area contributed by atoms with Crippen LogP contribution in [-0.2, 0) is 19.4 Å². The molecule has 0 spiro atoms. The summed E-state index contributed by atoms with van der Waals surface area (Å²) in [5.74, 6) is 0.149. The minimum absolute atomic E-state index is 0.0977. The van der Waals surface area contributed by atoms with E-state index in [1.165, 1.54) is 28.4 Å². The number of nitrogens with one attached hydrogen (secondary N) is 1. The first-order valence-electron chi connectivity index (χ1n) is 13.3. The molecule has 2 saturated heterocycles. The van der Waals surface area contributed by atoms with Crippen molar-refractivity contribution in [3.05, 3.63) is 53.4 Å². The van der Waals surface area contributed by atoms with Gasteiger partial charge in [-0.15, -0.1) is 11.3 Å². The van der Waals surface area contributed by atoms with Crippen LogP contribution in [0.5, 0.6) is 0 Å². The zero-order chi connectivity index (χ0) is 28.6. The van der Waals surface area contributed by atoms with Gasteiger partial charge in [0.15, 0.2) is 15.0 Å². The Balaban J connectivity index is 1.25. The second-order valence-corrected chi connectivity index (χ2v) is 13.9. The minimum atomic E-state index is -3.52. The van der Waals surface area contributed by atoms with Gasteiger partial charge < -0.3 is 19.9 Å². The summed E-state index contributed by atoms with van der Waals surface area (Å²) < 4.78 is 30.9. The van der Waals surface area contributed by atoms with Crippen LogP contribution in [0, 0.1) is 0 Å². The molecule has 212 valence electrons. The summed E-state index contributed by atoms with van der Waals surface area (Å²) >= 11 is 1.29. The molecule has 0 bridgehead atoms. The van der Waals surface area contributed by atoms with E-state index in [1.807, 2.05) is 37.4 Å². The molecule has 4 heterocycles. The number of amides is 2. The highest BCUT2D eigenvalue weighted by Gasteiger charge is 2.38. The van der Waals surface area contributed by atoms with Gasteiger partial charge in [-0.1, -0.05) is 12.1 Å². The summed E-state index contributed by atoms with van der Waals surface area (Å²) in [5, 5.41) is 4.50. The van der Waals surface area contributed by atoms with Gasteiger partial charge in [-0.2, -0.15) is 0 Å². The molecule has 3 atom stereocenters. The highest BCUT2D eigenvalue weighted by Crippen LogP contribution is 2.28. The average Bonchev–Trinajstić information content (AvgIpc) is 3.36. The third-order valence-corrected chi connectivity index (χ3v) is 10.00. The Morgan fingerprint density at radius 3 is 2.45 bits per heavy atom. The van der Waals surface area contributed by atoms with Gasteiger partial charge in [0.2, 0.25) is 5.91 Å². The highest BCUT2D eigenvalue weighted by atomic mass is 32.2. The van der Waals surface area contributed by atoms with Gasteiger partial charge in [0.25, 0.3) is 5.91 Å². The number of thiazole rings is 1. The van der Waals surface area contributed by atoms with Crippen molar-refractivity contribution < 1.29 is 22.7 Å². The maximum atomic E-state index is 13.2. The van der Waals surface area contributed by atoms with E-state index in [2.05, 4.69) is 15.2 Å². The number of hydrogen-bond acceptors (Lipinski definition) is 9. The van der Waals surface area contributed by atoms with Crippen LogP contribution in [-0.4, -0.2) is 78.2 Å². The average molecular weight is 584 g/mol. The molecule has 0 saturated carbocycles. The zero-order valence-electron chi connectivity index (χ0n) is 22.9. The summed E-state index contributed by atoms with van der Waals surface area (Å²) in [6.45, 7) is 9.22. The lowest BCUT2D eigenvalue weighted by Crippen LogP contribution is -2.56. The summed E-state index contributed by atoms with van der Waals surface area (Å²) in [4.78, 5) is 39.3. The third-order valence-electron chi connectivity index (χ3n) is 7.09. The SMILES string of the molecule is CC(C)S(=O)(=O)c1cccc(C(=O)N2CC[C@H]2C(=O)Nc2nc(-c3cccc(N4C[C@@H](C)O[C@@H](C)C4)n3)cs2)c1. The molecule has 0 aliphatic carbocycles. The first-order chi connectivity index (χ1) is 19.0. The molecule has 2 amide bonds. The van der Waals surface area contributed by atoms with Crippen molar-refractivity contribution in [2.24, 2.45) is 0 Å². The maximum absolute atomic E-state index is 13.2. The topological polar surface area (TPSA) is 122 Å². The van der Waals surface area contributed by atoms with Crippen molar-refractivity contribution in [3.8, 4) is 11.4 Å². The number of rotatable bonds is 7. The smallest absolute Gasteiger partial charge is 0.254 e. The van der Waals surface area contributed by atoms with Crippen LogP contribution < -0.4 is 10.2 Å². The first kappa shape index (κ1) is 28.2. The Morgan fingerprint density at radius 2 is 1.77 bits per heavy atom. The number of hydrogen-bond donors (Lipinski definition) is 1. The van der Waals surface area contributed by atoms with Gasteiger partial charge in [0.1, 0.15) is 17.6 Å². The van der Waals surface area contributed by atoms with Crippen LogP contribution in [0.15, 0.2) is 52.7 Å². The number of nitrogens with zero attached hydrogens (tertiary/aromatic N) is 4. The lowest BCUT2D eigenvalue weighted by atomic mass is 10.0. The van der Waals surface area contributed by atoms with Gasteiger partial charge in [-0.25, -0.2) is 18.4 Å². The summed E-state index contributed by atoms with van der Waals surface area (Å²) in [7, 11) is -3.52. The van der Waals surface area contributed by atoms with Crippen molar-refractivity contribution in [2.45, 2.75) is 62.5 Å². The molecule has 1 aromatic carbocycles. The molecule has 2 aliphatic heterocycles. The second-order valence-electron chi connectivity index (χ2n) is 10.5. The molecule has 0 unspecified atom stereocenters.